The maximum Gasteiger partial charge on any atom is 0.338 e. The van der Waals surface area contributed by atoms with E-state index in [1.165, 1.54) is 19.3 Å². The number of hydrogen-bond acceptors (Lipinski definition) is 4. The molecule has 6 rings (SSSR count). The average Bonchev–Trinajstić information content (AvgIpc) is 3.26. The topological polar surface area (TPSA) is 52.6 Å². The van der Waals surface area contributed by atoms with Crippen molar-refractivity contribution in [2.24, 2.45) is 40.4 Å². The summed E-state index contributed by atoms with van der Waals surface area (Å²) in [5.41, 5.74) is 1.66. The van der Waals surface area contributed by atoms with E-state index >= 15 is 0 Å². The van der Waals surface area contributed by atoms with Gasteiger partial charge in [-0.25, -0.2) is 9.59 Å². The Hall–Kier alpha value is -2.62. The summed E-state index contributed by atoms with van der Waals surface area (Å²) in [7, 11) is 0. The molecular weight excluding hydrogens is 472 g/mol. The minimum atomic E-state index is -0.185. The molecule has 4 aliphatic carbocycles. The number of esters is 2. The van der Waals surface area contributed by atoms with Crippen molar-refractivity contribution in [3.8, 4) is 0 Å². The Labute approximate surface area is 227 Å². The van der Waals surface area contributed by atoms with Gasteiger partial charge in [0.15, 0.2) is 0 Å². The quantitative estimate of drug-likeness (QED) is 0.392. The van der Waals surface area contributed by atoms with Crippen molar-refractivity contribution in [2.45, 2.75) is 84.3 Å². The summed E-state index contributed by atoms with van der Waals surface area (Å²) in [6.07, 6.45) is 9.08. The van der Waals surface area contributed by atoms with Crippen molar-refractivity contribution in [3.63, 3.8) is 0 Å². The minimum absolute atomic E-state index is 0.000512. The van der Waals surface area contributed by atoms with Gasteiger partial charge in [-0.3, -0.25) is 0 Å². The molecule has 4 fully saturated rings. The van der Waals surface area contributed by atoms with Gasteiger partial charge in [0, 0.05) is 5.41 Å². The molecule has 0 saturated heterocycles. The summed E-state index contributed by atoms with van der Waals surface area (Å²) >= 11 is 0. The molecule has 0 unspecified atom stereocenters. The zero-order valence-electron chi connectivity index (χ0n) is 23.1. The van der Waals surface area contributed by atoms with E-state index in [1.54, 1.807) is 0 Å². The first-order chi connectivity index (χ1) is 18.3. The molecule has 0 amide bonds. The highest BCUT2D eigenvalue weighted by molar-refractivity contribution is 5.90. The van der Waals surface area contributed by atoms with Crippen LogP contribution in [0.25, 0.3) is 0 Å². The summed E-state index contributed by atoms with van der Waals surface area (Å²) in [5, 5.41) is 0. The van der Waals surface area contributed by atoms with E-state index in [9.17, 15) is 9.59 Å². The summed E-state index contributed by atoms with van der Waals surface area (Å²) < 4.78 is 12.3. The number of carbonyl (C=O) groups is 2. The number of benzene rings is 2. The molecule has 38 heavy (non-hydrogen) atoms. The molecule has 2 aromatic rings. The number of carbonyl (C=O) groups excluding carboxylic acids is 2. The largest absolute Gasteiger partial charge is 0.458 e. The fraction of sp³-hybridized carbons (Fsp3) is 0.588. The third-order valence-corrected chi connectivity index (χ3v) is 11.4. The third-order valence-electron chi connectivity index (χ3n) is 11.4. The lowest BCUT2D eigenvalue weighted by Crippen LogP contribution is -2.56. The van der Waals surface area contributed by atoms with Crippen molar-refractivity contribution in [1.82, 2.24) is 0 Å². The summed E-state index contributed by atoms with van der Waals surface area (Å²) in [6.45, 7) is 7.24. The molecule has 4 heteroatoms. The van der Waals surface area contributed by atoms with Gasteiger partial charge in [0.1, 0.15) is 12.2 Å². The van der Waals surface area contributed by atoms with E-state index in [0.717, 1.165) is 32.1 Å². The van der Waals surface area contributed by atoms with Gasteiger partial charge in [-0.2, -0.15) is 0 Å². The highest BCUT2D eigenvalue weighted by Gasteiger charge is 2.62. The van der Waals surface area contributed by atoms with Crippen LogP contribution in [-0.2, 0) is 9.47 Å². The van der Waals surface area contributed by atoms with Crippen molar-refractivity contribution in [3.05, 3.63) is 71.8 Å². The molecule has 4 nitrogen and oxygen atoms in total. The van der Waals surface area contributed by atoms with Crippen LogP contribution in [0.2, 0.25) is 0 Å². The van der Waals surface area contributed by atoms with Gasteiger partial charge in [-0.15, -0.1) is 0 Å². The molecule has 9 atom stereocenters. The van der Waals surface area contributed by atoms with Crippen LogP contribution in [0.3, 0.4) is 0 Å². The van der Waals surface area contributed by atoms with Crippen LogP contribution in [-0.4, -0.2) is 24.1 Å². The van der Waals surface area contributed by atoms with Crippen molar-refractivity contribution < 1.29 is 19.1 Å². The van der Waals surface area contributed by atoms with E-state index in [0.29, 0.717) is 40.7 Å². The van der Waals surface area contributed by atoms with Crippen LogP contribution in [0.15, 0.2) is 60.7 Å². The fourth-order valence-electron chi connectivity index (χ4n) is 9.44. The van der Waals surface area contributed by atoms with E-state index < -0.39 is 0 Å². The SMILES string of the molecule is C[C@@H]1C[C@@]2(C)[C@@H](CC[C@@H]3[C@@H]2CC[C@]2(C)[C@@H](OC(=O)c4ccccc4)CC[C@@H]32)C[C@H]1OC(=O)c1ccccc1. The highest BCUT2D eigenvalue weighted by atomic mass is 16.5. The monoisotopic (exact) mass is 514 g/mol. The Morgan fingerprint density at radius 3 is 2.00 bits per heavy atom. The standard InChI is InChI=1S/C34H42O4/c1-22-21-34(3)25(20-29(22)37-31(35)23-10-6-4-7-11-23)14-15-26-27-16-17-30(33(27,2)19-18-28(26)34)38-32(36)24-12-8-5-9-13-24/h4-13,22,25-30H,14-21H2,1-3H3/t22-,25+,26+,27+,28+,29-,30+,33+,34+/m1/s1. The Morgan fingerprint density at radius 2 is 1.34 bits per heavy atom. The van der Waals surface area contributed by atoms with Crippen LogP contribution in [0.1, 0.15) is 92.9 Å². The molecule has 4 saturated carbocycles. The van der Waals surface area contributed by atoms with E-state index in [-0.39, 0.29) is 35.0 Å². The molecule has 0 N–H and O–H groups in total. The van der Waals surface area contributed by atoms with Crippen molar-refractivity contribution in [1.29, 1.82) is 0 Å². The molecule has 0 radical (unpaired) electrons. The molecule has 0 bridgehead atoms. The molecule has 2 aromatic carbocycles. The average molecular weight is 515 g/mol. The molecular formula is C34H42O4. The predicted octanol–water partition coefficient (Wildman–Crippen LogP) is 7.73. The van der Waals surface area contributed by atoms with Gasteiger partial charge in [0.05, 0.1) is 11.1 Å². The fourth-order valence-corrected chi connectivity index (χ4v) is 9.44. The smallest absolute Gasteiger partial charge is 0.338 e. The highest BCUT2D eigenvalue weighted by Crippen LogP contribution is 2.67. The lowest BCUT2D eigenvalue weighted by atomic mass is 9.44. The second-order valence-electron chi connectivity index (χ2n) is 13.3. The van der Waals surface area contributed by atoms with Crippen LogP contribution in [0, 0.1) is 40.4 Å². The van der Waals surface area contributed by atoms with Gasteiger partial charge >= 0.3 is 11.9 Å². The second-order valence-corrected chi connectivity index (χ2v) is 13.3. The van der Waals surface area contributed by atoms with Crippen LogP contribution < -0.4 is 0 Å². The zero-order chi connectivity index (χ0) is 26.5. The maximum atomic E-state index is 12.9. The molecule has 4 aliphatic rings. The normalized spacial score (nSPS) is 39.8. The van der Waals surface area contributed by atoms with Crippen LogP contribution in [0.4, 0.5) is 0 Å². The van der Waals surface area contributed by atoms with Crippen LogP contribution in [0.5, 0.6) is 0 Å². The number of rotatable bonds is 4. The molecule has 202 valence electrons. The van der Waals surface area contributed by atoms with Gasteiger partial charge in [0.2, 0.25) is 0 Å². The Bertz CT molecular complexity index is 1160. The first-order valence-electron chi connectivity index (χ1n) is 14.8. The molecule has 0 heterocycles. The lowest BCUT2D eigenvalue weighted by Gasteiger charge is -2.61. The Morgan fingerprint density at radius 1 is 0.737 bits per heavy atom. The van der Waals surface area contributed by atoms with Gasteiger partial charge in [-0.1, -0.05) is 57.2 Å². The minimum Gasteiger partial charge on any atom is -0.458 e. The van der Waals surface area contributed by atoms with Crippen LogP contribution >= 0.6 is 0 Å². The second kappa shape index (κ2) is 9.84. The van der Waals surface area contributed by atoms with E-state index in [2.05, 4.69) is 20.8 Å². The Balaban J connectivity index is 1.14. The predicted molar refractivity (Wildman–Crippen MR) is 148 cm³/mol. The third kappa shape index (κ3) is 4.28. The molecule has 0 spiro atoms. The Kier molecular flexibility index (Phi) is 6.64. The summed E-state index contributed by atoms with van der Waals surface area (Å²) in [4.78, 5) is 25.7. The van der Waals surface area contributed by atoms with Gasteiger partial charge in [0.25, 0.3) is 0 Å². The summed E-state index contributed by atoms with van der Waals surface area (Å²) in [6, 6.07) is 18.8. The first kappa shape index (κ1) is 25.6. The summed E-state index contributed by atoms with van der Waals surface area (Å²) in [5.74, 6) is 2.63. The van der Waals surface area contributed by atoms with Crippen molar-refractivity contribution >= 4 is 11.9 Å². The number of ether oxygens (including phenoxy) is 2. The van der Waals surface area contributed by atoms with Gasteiger partial charge < -0.3 is 9.47 Å². The van der Waals surface area contributed by atoms with E-state index in [1.807, 2.05) is 60.7 Å². The number of fused-ring (bicyclic) bond motifs is 5. The lowest BCUT2D eigenvalue weighted by molar-refractivity contribution is -0.147. The molecule has 0 aliphatic heterocycles. The van der Waals surface area contributed by atoms with E-state index in [4.69, 9.17) is 9.47 Å². The zero-order valence-corrected chi connectivity index (χ0v) is 23.1. The molecule has 0 aromatic heterocycles. The maximum absolute atomic E-state index is 12.9. The first-order valence-corrected chi connectivity index (χ1v) is 14.8. The van der Waals surface area contributed by atoms with Crippen molar-refractivity contribution in [2.75, 3.05) is 0 Å². The number of hydrogen-bond donors (Lipinski definition) is 0. The van der Waals surface area contributed by atoms with Gasteiger partial charge in [-0.05, 0) is 111 Å².